The van der Waals surface area contributed by atoms with Gasteiger partial charge in [0.2, 0.25) is 17.7 Å². The van der Waals surface area contributed by atoms with Crippen molar-refractivity contribution in [3.63, 3.8) is 0 Å². The average molecular weight is 426 g/mol. The Morgan fingerprint density at radius 1 is 1.38 bits per heavy atom. The number of β-lactam (4-membered cyclic amide) rings is 1. The summed E-state index contributed by atoms with van der Waals surface area (Å²) in [6.07, 6.45) is -1.51. The molecule has 0 aromatic heterocycles. The molecule has 8 atom stereocenters. The summed E-state index contributed by atoms with van der Waals surface area (Å²) in [5.41, 5.74) is 5.99. The molecule has 4 aliphatic heterocycles. The molecule has 160 valence electrons. The van der Waals surface area contributed by atoms with Crippen molar-refractivity contribution in [2.75, 3.05) is 13.1 Å². The SMILES string of the molecule is C[C@@H](O)[C@H]1C(=O)N2C(OC(=O)O)=C(S[C@@H]3CN[C@H](C4CNC(=O)C4N)C3)[C@H](C)[C@H]12. The zero-order chi connectivity index (χ0) is 21.0. The Balaban J connectivity index is 1.50. The van der Waals surface area contributed by atoms with Crippen LogP contribution in [0.3, 0.4) is 0 Å². The summed E-state index contributed by atoms with van der Waals surface area (Å²) in [7, 11) is 0. The van der Waals surface area contributed by atoms with Gasteiger partial charge in [-0.3, -0.25) is 14.5 Å². The van der Waals surface area contributed by atoms with Gasteiger partial charge in [-0.05, 0) is 13.3 Å². The molecular weight excluding hydrogens is 400 g/mol. The third kappa shape index (κ3) is 3.29. The predicted octanol–water partition coefficient (Wildman–Crippen LogP) is -0.755. The number of hydrogen-bond donors (Lipinski definition) is 5. The first-order valence-electron chi connectivity index (χ1n) is 9.80. The quantitative estimate of drug-likeness (QED) is 0.282. The van der Waals surface area contributed by atoms with E-state index in [9.17, 15) is 19.5 Å². The number of nitrogens with zero attached hydrogens (tertiary/aromatic N) is 1. The summed E-state index contributed by atoms with van der Waals surface area (Å²) >= 11 is 1.51. The molecule has 4 aliphatic rings. The normalized spacial score (nSPS) is 40.0. The molecule has 4 heterocycles. The Kier molecular flexibility index (Phi) is 5.26. The van der Waals surface area contributed by atoms with Gasteiger partial charge in [-0.1, -0.05) is 6.92 Å². The van der Waals surface area contributed by atoms with Crippen molar-refractivity contribution >= 4 is 29.7 Å². The van der Waals surface area contributed by atoms with E-state index >= 15 is 0 Å². The lowest BCUT2D eigenvalue weighted by Crippen LogP contribution is -2.63. The minimum Gasteiger partial charge on any atom is -0.449 e. The molecule has 11 heteroatoms. The van der Waals surface area contributed by atoms with E-state index in [1.165, 1.54) is 16.7 Å². The molecular formula is C18H26N4O6S. The van der Waals surface area contributed by atoms with Crippen LogP contribution < -0.4 is 16.4 Å². The van der Waals surface area contributed by atoms with Crippen LogP contribution in [-0.2, 0) is 14.3 Å². The molecule has 10 nitrogen and oxygen atoms in total. The van der Waals surface area contributed by atoms with Crippen molar-refractivity contribution in [3.05, 3.63) is 10.8 Å². The van der Waals surface area contributed by atoms with Crippen LogP contribution in [0, 0.1) is 17.8 Å². The molecule has 2 amide bonds. The summed E-state index contributed by atoms with van der Waals surface area (Å²) in [5, 5.41) is 25.5. The van der Waals surface area contributed by atoms with Crippen LogP contribution >= 0.6 is 11.8 Å². The molecule has 0 aromatic carbocycles. The van der Waals surface area contributed by atoms with Gasteiger partial charge < -0.3 is 31.3 Å². The highest BCUT2D eigenvalue weighted by atomic mass is 32.2. The minimum absolute atomic E-state index is 0.0129. The monoisotopic (exact) mass is 426 g/mol. The zero-order valence-electron chi connectivity index (χ0n) is 16.2. The highest BCUT2D eigenvalue weighted by Gasteiger charge is 2.60. The molecule has 0 aromatic rings. The molecule has 3 fully saturated rings. The predicted molar refractivity (Wildman–Crippen MR) is 103 cm³/mol. The van der Waals surface area contributed by atoms with Crippen LogP contribution in [0.4, 0.5) is 4.79 Å². The van der Waals surface area contributed by atoms with Gasteiger partial charge in [0.1, 0.15) is 0 Å². The van der Waals surface area contributed by atoms with E-state index in [0.29, 0.717) is 18.0 Å². The fourth-order valence-electron chi connectivity index (χ4n) is 4.98. The van der Waals surface area contributed by atoms with Crippen LogP contribution in [0.5, 0.6) is 0 Å². The number of amides is 2. The van der Waals surface area contributed by atoms with Crippen molar-refractivity contribution in [1.29, 1.82) is 0 Å². The molecule has 6 N–H and O–H groups in total. The number of aliphatic hydroxyl groups is 1. The summed E-state index contributed by atoms with van der Waals surface area (Å²) in [6.45, 7) is 4.72. The van der Waals surface area contributed by atoms with Crippen LogP contribution in [0.2, 0.25) is 0 Å². The molecule has 0 spiro atoms. The lowest BCUT2D eigenvalue weighted by Gasteiger charge is -2.45. The first kappa shape index (κ1) is 20.5. The van der Waals surface area contributed by atoms with Crippen molar-refractivity contribution in [2.24, 2.45) is 23.5 Å². The number of aliphatic hydroxyl groups excluding tert-OH is 1. The van der Waals surface area contributed by atoms with Gasteiger partial charge in [-0.25, -0.2) is 4.79 Å². The van der Waals surface area contributed by atoms with Gasteiger partial charge in [0.25, 0.3) is 0 Å². The number of carbonyl (C=O) groups excluding carboxylic acids is 2. The first-order valence-corrected chi connectivity index (χ1v) is 10.7. The van der Waals surface area contributed by atoms with Gasteiger partial charge in [0.05, 0.1) is 29.0 Å². The first-order chi connectivity index (χ1) is 13.7. The number of hydrogen-bond acceptors (Lipinski definition) is 8. The van der Waals surface area contributed by atoms with Crippen molar-refractivity contribution in [2.45, 2.75) is 49.7 Å². The lowest BCUT2D eigenvalue weighted by atomic mass is 9.79. The largest absolute Gasteiger partial charge is 0.512 e. The summed E-state index contributed by atoms with van der Waals surface area (Å²) in [6, 6.07) is -0.737. The lowest BCUT2D eigenvalue weighted by molar-refractivity contribution is -0.163. The van der Waals surface area contributed by atoms with Gasteiger partial charge in [0, 0.05) is 36.2 Å². The summed E-state index contributed by atoms with van der Waals surface area (Å²) in [4.78, 5) is 37.5. The number of carbonyl (C=O) groups is 3. The smallest absolute Gasteiger partial charge is 0.449 e. The second-order valence-corrected chi connectivity index (χ2v) is 9.56. The number of ether oxygens (including phenoxy) is 1. The summed E-state index contributed by atoms with van der Waals surface area (Å²) in [5.74, 6) is -1.06. The maximum Gasteiger partial charge on any atom is 0.512 e. The van der Waals surface area contributed by atoms with Crippen molar-refractivity contribution in [1.82, 2.24) is 15.5 Å². The van der Waals surface area contributed by atoms with Gasteiger partial charge in [-0.15, -0.1) is 11.8 Å². The van der Waals surface area contributed by atoms with Crippen LogP contribution in [0.15, 0.2) is 10.8 Å². The number of carboxylic acid groups (broad SMARTS) is 1. The van der Waals surface area contributed by atoms with Crippen molar-refractivity contribution < 1.29 is 29.3 Å². The Bertz CT molecular complexity index is 773. The molecule has 2 unspecified atom stereocenters. The maximum atomic E-state index is 12.5. The molecule has 0 bridgehead atoms. The third-order valence-electron chi connectivity index (χ3n) is 6.46. The van der Waals surface area contributed by atoms with E-state index in [4.69, 9.17) is 15.6 Å². The molecule has 4 rings (SSSR count). The Morgan fingerprint density at radius 3 is 2.69 bits per heavy atom. The highest BCUT2D eigenvalue weighted by molar-refractivity contribution is 8.03. The number of rotatable bonds is 5. The van der Waals surface area contributed by atoms with Crippen LogP contribution in [0.1, 0.15) is 20.3 Å². The second-order valence-electron chi connectivity index (χ2n) is 8.22. The Morgan fingerprint density at radius 2 is 2.10 bits per heavy atom. The van der Waals surface area contributed by atoms with Gasteiger partial charge in [-0.2, -0.15) is 0 Å². The van der Waals surface area contributed by atoms with Crippen LogP contribution in [-0.4, -0.2) is 75.7 Å². The highest BCUT2D eigenvalue weighted by Crippen LogP contribution is 2.52. The Labute approximate surface area is 172 Å². The average Bonchev–Trinajstić information content (AvgIpc) is 3.27. The van der Waals surface area contributed by atoms with Gasteiger partial charge >= 0.3 is 6.16 Å². The fourth-order valence-corrected chi connectivity index (χ4v) is 6.42. The van der Waals surface area contributed by atoms with E-state index in [1.54, 1.807) is 6.92 Å². The number of nitrogens with one attached hydrogen (secondary N) is 2. The molecule has 0 aliphatic carbocycles. The fraction of sp³-hybridized carbons (Fsp3) is 0.722. The molecule has 29 heavy (non-hydrogen) atoms. The van der Waals surface area contributed by atoms with Crippen molar-refractivity contribution in [3.8, 4) is 0 Å². The number of fused-ring (bicyclic) bond motifs is 1. The second kappa shape index (κ2) is 7.46. The summed E-state index contributed by atoms with van der Waals surface area (Å²) < 4.78 is 5.00. The third-order valence-corrected chi connectivity index (χ3v) is 7.95. The van der Waals surface area contributed by atoms with E-state index in [1.807, 2.05) is 6.92 Å². The maximum absolute atomic E-state index is 12.5. The van der Waals surface area contributed by atoms with E-state index in [-0.39, 0.29) is 46.9 Å². The molecule has 0 radical (unpaired) electrons. The molecule has 3 saturated heterocycles. The van der Waals surface area contributed by atoms with E-state index in [0.717, 1.165) is 6.42 Å². The zero-order valence-corrected chi connectivity index (χ0v) is 17.0. The standard InChI is InChI=1S/C18H26N4O6S/c1-6-13-11(7(2)23)16(25)22(13)17(28-18(26)27)14(6)29-8-3-10(20-4-8)9-5-21-15(24)12(9)19/h6-13,20,23H,3-5,19H2,1-2H3,(H,21,24)(H,26,27)/t6-,7-,8+,9?,10+,11-,12?,13-/m1/s1. The Hall–Kier alpha value is -1.82. The van der Waals surface area contributed by atoms with E-state index in [2.05, 4.69) is 10.6 Å². The molecule has 0 saturated carbocycles. The van der Waals surface area contributed by atoms with Crippen LogP contribution in [0.25, 0.3) is 0 Å². The number of nitrogens with two attached hydrogens (primary N) is 1. The van der Waals surface area contributed by atoms with E-state index < -0.39 is 24.2 Å². The number of thioether (sulfide) groups is 1. The van der Waals surface area contributed by atoms with Gasteiger partial charge in [0.15, 0.2) is 0 Å². The topological polar surface area (TPSA) is 154 Å². The minimum atomic E-state index is -1.47.